The molecule has 1 atom stereocenters. The minimum absolute atomic E-state index is 0.187. The first-order valence-electron chi connectivity index (χ1n) is 10.2. The van der Waals surface area contributed by atoms with Crippen LogP contribution in [0.15, 0.2) is 65.1 Å². The zero-order valence-electron chi connectivity index (χ0n) is 18.0. The summed E-state index contributed by atoms with van der Waals surface area (Å²) in [5, 5.41) is 3.05. The molecule has 7 nitrogen and oxygen atoms in total. The maximum absolute atomic E-state index is 13.2. The van der Waals surface area contributed by atoms with E-state index in [9.17, 15) is 9.59 Å². The lowest BCUT2D eigenvalue weighted by molar-refractivity contribution is -0.0509. The van der Waals surface area contributed by atoms with Crippen LogP contribution < -0.4 is 15.6 Å². The molecule has 0 fully saturated rings. The Morgan fingerprint density at radius 1 is 1.13 bits per heavy atom. The molecule has 0 spiro atoms. The Labute approximate surface area is 180 Å². The highest BCUT2D eigenvalue weighted by atomic mass is 16.7. The summed E-state index contributed by atoms with van der Waals surface area (Å²) in [6.07, 6.45) is 0.674. The Bertz CT molecular complexity index is 1220. The van der Waals surface area contributed by atoms with E-state index in [4.69, 9.17) is 9.47 Å². The SMILES string of the molecule is CCOC1Oc2ccc(C)cc2C(=O)C1=CNc1c(C)n(C)n(-c2ccccc2)c1=O. The lowest BCUT2D eigenvalue weighted by Crippen LogP contribution is -2.33. The van der Waals surface area contributed by atoms with E-state index in [0.717, 1.165) is 16.9 Å². The Morgan fingerprint density at radius 3 is 2.58 bits per heavy atom. The third kappa shape index (κ3) is 3.68. The molecule has 0 bridgehead atoms. The van der Waals surface area contributed by atoms with Crippen LogP contribution in [0.1, 0.15) is 28.5 Å². The molecule has 1 aliphatic rings. The molecule has 1 unspecified atom stereocenters. The maximum atomic E-state index is 13.2. The van der Waals surface area contributed by atoms with Crippen molar-refractivity contribution in [3.8, 4) is 11.4 Å². The monoisotopic (exact) mass is 419 g/mol. The standard InChI is InChI=1S/C24H25N3O4/c1-5-30-24-19(22(28)18-13-15(2)11-12-20(18)31-24)14-25-21-16(3)26(4)27(23(21)29)17-9-7-6-8-10-17/h6-14,24-25H,5H2,1-4H3. The highest BCUT2D eigenvalue weighted by Crippen LogP contribution is 2.32. The molecule has 0 amide bonds. The Hall–Kier alpha value is -3.58. The van der Waals surface area contributed by atoms with Gasteiger partial charge in [-0.1, -0.05) is 29.8 Å². The number of Topliss-reactive ketones (excluding diaryl/α,β-unsaturated/α-hetero) is 1. The molecule has 0 radical (unpaired) electrons. The fourth-order valence-corrected chi connectivity index (χ4v) is 3.66. The third-order valence-electron chi connectivity index (χ3n) is 5.37. The number of aromatic nitrogens is 2. The van der Waals surface area contributed by atoms with E-state index in [1.165, 1.54) is 6.20 Å². The van der Waals surface area contributed by atoms with Gasteiger partial charge in [-0.05, 0) is 45.0 Å². The summed E-state index contributed by atoms with van der Waals surface area (Å²) in [6.45, 7) is 5.98. The van der Waals surface area contributed by atoms with Crippen LogP contribution in [-0.2, 0) is 11.8 Å². The number of carbonyl (C=O) groups excluding carboxylic acids is 1. The number of carbonyl (C=O) groups is 1. The van der Waals surface area contributed by atoms with Crippen LogP contribution in [0.25, 0.3) is 5.69 Å². The van der Waals surface area contributed by atoms with E-state index in [1.54, 1.807) is 21.5 Å². The number of nitrogens with zero attached hydrogens (tertiary/aromatic N) is 2. The van der Waals surface area contributed by atoms with Gasteiger partial charge < -0.3 is 14.8 Å². The molecular weight excluding hydrogens is 394 g/mol. The van der Waals surface area contributed by atoms with Crippen LogP contribution in [0.5, 0.6) is 5.75 Å². The van der Waals surface area contributed by atoms with Crippen molar-refractivity contribution in [3.63, 3.8) is 0 Å². The smallest absolute Gasteiger partial charge is 0.295 e. The van der Waals surface area contributed by atoms with E-state index in [0.29, 0.717) is 29.2 Å². The highest BCUT2D eigenvalue weighted by molar-refractivity contribution is 6.12. The van der Waals surface area contributed by atoms with Crippen molar-refractivity contribution in [3.05, 3.63) is 87.5 Å². The van der Waals surface area contributed by atoms with Crippen molar-refractivity contribution < 1.29 is 14.3 Å². The minimum atomic E-state index is -0.847. The number of hydrogen-bond acceptors (Lipinski definition) is 5. The van der Waals surface area contributed by atoms with Crippen molar-refractivity contribution in [2.75, 3.05) is 11.9 Å². The first-order valence-corrected chi connectivity index (χ1v) is 10.2. The summed E-state index contributed by atoms with van der Waals surface area (Å²) < 4.78 is 14.9. The maximum Gasteiger partial charge on any atom is 0.295 e. The highest BCUT2D eigenvalue weighted by Gasteiger charge is 2.32. The summed E-state index contributed by atoms with van der Waals surface area (Å²) in [5.41, 5.74) is 3.42. The minimum Gasteiger partial charge on any atom is -0.460 e. The van der Waals surface area contributed by atoms with Crippen molar-refractivity contribution in [1.29, 1.82) is 0 Å². The second-order valence-corrected chi connectivity index (χ2v) is 7.41. The van der Waals surface area contributed by atoms with Crippen molar-refractivity contribution in [2.45, 2.75) is 27.1 Å². The largest absolute Gasteiger partial charge is 0.460 e. The van der Waals surface area contributed by atoms with E-state index in [-0.39, 0.29) is 11.3 Å². The van der Waals surface area contributed by atoms with Gasteiger partial charge in [-0.3, -0.25) is 14.3 Å². The molecule has 2 heterocycles. The van der Waals surface area contributed by atoms with Gasteiger partial charge in [0.1, 0.15) is 11.4 Å². The van der Waals surface area contributed by atoms with Crippen LogP contribution in [0.4, 0.5) is 5.69 Å². The average Bonchev–Trinajstić information content (AvgIpc) is 2.97. The topological polar surface area (TPSA) is 74.5 Å². The summed E-state index contributed by atoms with van der Waals surface area (Å²) in [7, 11) is 1.82. The molecule has 0 saturated carbocycles. The molecule has 0 saturated heterocycles. The molecular formula is C24H25N3O4. The molecule has 3 aromatic rings. The molecule has 1 N–H and O–H groups in total. The first-order chi connectivity index (χ1) is 14.9. The van der Waals surface area contributed by atoms with Crippen molar-refractivity contribution in [2.24, 2.45) is 7.05 Å². The number of benzene rings is 2. The second kappa shape index (κ2) is 8.28. The van der Waals surface area contributed by atoms with Crippen LogP contribution in [0, 0.1) is 13.8 Å². The number of ketones is 1. The molecule has 1 aromatic heterocycles. The van der Waals surface area contributed by atoms with Crippen molar-refractivity contribution in [1.82, 2.24) is 9.36 Å². The molecule has 160 valence electrons. The molecule has 7 heteroatoms. The number of anilines is 1. The van der Waals surface area contributed by atoms with Gasteiger partial charge in [0.15, 0.2) is 5.78 Å². The quantitative estimate of drug-likeness (QED) is 0.638. The number of rotatable bonds is 5. The summed E-state index contributed by atoms with van der Waals surface area (Å²) >= 11 is 0. The Morgan fingerprint density at radius 2 is 1.87 bits per heavy atom. The van der Waals surface area contributed by atoms with E-state index in [1.807, 2.05) is 64.2 Å². The molecule has 0 aliphatic carbocycles. The Balaban J connectivity index is 1.73. The number of nitrogens with one attached hydrogen (secondary N) is 1. The number of hydrogen-bond donors (Lipinski definition) is 1. The van der Waals surface area contributed by atoms with Gasteiger partial charge in [-0.2, -0.15) is 0 Å². The summed E-state index contributed by atoms with van der Waals surface area (Å²) in [6, 6.07) is 14.9. The summed E-state index contributed by atoms with van der Waals surface area (Å²) in [5.74, 6) is 0.307. The van der Waals surface area contributed by atoms with Crippen molar-refractivity contribution >= 4 is 11.5 Å². The average molecular weight is 419 g/mol. The van der Waals surface area contributed by atoms with Crippen LogP contribution in [0.3, 0.4) is 0 Å². The first kappa shape index (κ1) is 20.7. The van der Waals surface area contributed by atoms with Gasteiger partial charge in [0.25, 0.3) is 5.56 Å². The lowest BCUT2D eigenvalue weighted by Gasteiger charge is -2.27. The third-order valence-corrected chi connectivity index (χ3v) is 5.37. The second-order valence-electron chi connectivity index (χ2n) is 7.41. The van der Waals surface area contributed by atoms with Crippen LogP contribution >= 0.6 is 0 Å². The van der Waals surface area contributed by atoms with Gasteiger partial charge in [0.05, 0.1) is 22.5 Å². The molecule has 4 rings (SSSR count). The Kier molecular flexibility index (Phi) is 5.52. The van der Waals surface area contributed by atoms with E-state index < -0.39 is 6.29 Å². The van der Waals surface area contributed by atoms with E-state index >= 15 is 0 Å². The van der Waals surface area contributed by atoms with Gasteiger partial charge in [0, 0.05) is 19.9 Å². The van der Waals surface area contributed by atoms with Crippen LogP contribution in [-0.4, -0.2) is 28.0 Å². The number of aryl methyl sites for hydroxylation is 1. The zero-order chi connectivity index (χ0) is 22.1. The number of para-hydroxylation sites is 1. The predicted octanol–water partition coefficient (Wildman–Crippen LogP) is 3.73. The zero-order valence-corrected chi connectivity index (χ0v) is 18.0. The van der Waals surface area contributed by atoms with E-state index in [2.05, 4.69) is 5.32 Å². The van der Waals surface area contributed by atoms with Gasteiger partial charge in [-0.25, -0.2) is 4.68 Å². The van der Waals surface area contributed by atoms with Gasteiger partial charge in [0.2, 0.25) is 6.29 Å². The van der Waals surface area contributed by atoms with Gasteiger partial charge in [-0.15, -0.1) is 0 Å². The number of fused-ring (bicyclic) bond motifs is 1. The lowest BCUT2D eigenvalue weighted by atomic mass is 9.98. The molecule has 1 aliphatic heterocycles. The van der Waals surface area contributed by atoms with Crippen LogP contribution in [0.2, 0.25) is 0 Å². The normalized spacial score (nSPS) is 16.8. The number of ether oxygens (including phenoxy) is 2. The molecule has 2 aromatic carbocycles. The fourth-order valence-electron chi connectivity index (χ4n) is 3.66. The fraction of sp³-hybridized carbons (Fsp3) is 0.250. The summed E-state index contributed by atoms with van der Waals surface area (Å²) in [4.78, 5) is 26.3. The predicted molar refractivity (Wildman–Crippen MR) is 119 cm³/mol. The van der Waals surface area contributed by atoms with Gasteiger partial charge >= 0.3 is 0 Å². The molecule has 31 heavy (non-hydrogen) atoms.